The van der Waals surface area contributed by atoms with Crippen molar-refractivity contribution in [2.75, 3.05) is 18.0 Å². The minimum Gasteiger partial charge on any atom is -0.337 e. The number of nitrogens with zero attached hydrogens (tertiary/aromatic N) is 3. The zero-order valence-corrected chi connectivity index (χ0v) is 12.0. The Bertz CT molecular complexity index is 583. The molecule has 1 saturated heterocycles. The molecule has 20 heavy (non-hydrogen) atoms. The van der Waals surface area contributed by atoms with Crippen LogP contribution >= 0.6 is 0 Å². The Morgan fingerprint density at radius 2 is 2.20 bits per heavy atom. The average Bonchev–Trinajstić information content (AvgIpc) is 2.53. The van der Waals surface area contributed by atoms with Gasteiger partial charge in [-0.1, -0.05) is 31.5 Å². The van der Waals surface area contributed by atoms with Crippen LogP contribution in [0.2, 0.25) is 0 Å². The maximum Gasteiger partial charge on any atom is 0.226 e. The number of nitrogens with two attached hydrogens (primary N) is 1. The molecule has 4 nitrogen and oxygen atoms in total. The Hall–Kier alpha value is -1.68. The molecule has 0 bridgehead atoms. The number of piperidine rings is 1. The molecular weight excluding hydrogens is 248 g/mol. The molecule has 3 rings (SSSR count). The summed E-state index contributed by atoms with van der Waals surface area (Å²) in [5, 5.41) is 1.09. The van der Waals surface area contributed by atoms with Gasteiger partial charge in [0.15, 0.2) is 0 Å². The van der Waals surface area contributed by atoms with E-state index in [0.29, 0.717) is 12.6 Å². The highest BCUT2D eigenvalue weighted by molar-refractivity contribution is 5.78. The number of anilines is 1. The van der Waals surface area contributed by atoms with E-state index in [4.69, 9.17) is 10.7 Å². The quantitative estimate of drug-likeness (QED) is 0.931. The van der Waals surface area contributed by atoms with Crippen LogP contribution in [0, 0.1) is 5.92 Å². The summed E-state index contributed by atoms with van der Waals surface area (Å²) in [6, 6.07) is 8.48. The third-order valence-corrected chi connectivity index (χ3v) is 4.41. The first-order valence-electron chi connectivity index (χ1n) is 7.50. The fraction of sp³-hybridized carbons (Fsp3) is 0.500. The van der Waals surface area contributed by atoms with Crippen molar-refractivity contribution >= 4 is 16.9 Å². The zero-order valence-electron chi connectivity index (χ0n) is 12.0. The topological polar surface area (TPSA) is 55.0 Å². The van der Waals surface area contributed by atoms with E-state index in [0.717, 1.165) is 35.7 Å². The lowest BCUT2D eigenvalue weighted by Crippen LogP contribution is -2.47. The van der Waals surface area contributed by atoms with Gasteiger partial charge in [0.25, 0.3) is 0 Å². The first-order chi connectivity index (χ1) is 9.81. The minimum absolute atomic E-state index is 0.370. The highest BCUT2D eigenvalue weighted by Gasteiger charge is 2.28. The van der Waals surface area contributed by atoms with Crippen molar-refractivity contribution in [2.45, 2.75) is 32.2 Å². The highest BCUT2D eigenvalue weighted by atomic mass is 15.3. The molecule has 2 N–H and O–H groups in total. The van der Waals surface area contributed by atoms with Crippen LogP contribution in [0.25, 0.3) is 10.9 Å². The molecule has 0 saturated carbocycles. The summed E-state index contributed by atoms with van der Waals surface area (Å²) < 4.78 is 0. The molecular formula is C16H22N4. The van der Waals surface area contributed by atoms with Crippen molar-refractivity contribution in [2.24, 2.45) is 11.7 Å². The van der Waals surface area contributed by atoms with E-state index in [1.807, 2.05) is 30.5 Å². The molecule has 2 unspecified atom stereocenters. The SMILES string of the molecule is CCC1CCN(c2ncc3ccccc3n2)C(CN)C1. The van der Waals surface area contributed by atoms with Gasteiger partial charge in [0.2, 0.25) is 5.95 Å². The van der Waals surface area contributed by atoms with E-state index in [1.165, 1.54) is 12.8 Å². The molecule has 2 atom stereocenters. The maximum absolute atomic E-state index is 5.96. The Balaban J connectivity index is 1.89. The number of hydrogen-bond donors (Lipinski definition) is 1. The molecule has 0 aliphatic carbocycles. The number of rotatable bonds is 3. The number of fused-ring (bicyclic) bond motifs is 1. The molecule has 1 aromatic heterocycles. The van der Waals surface area contributed by atoms with Gasteiger partial charge < -0.3 is 10.6 Å². The van der Waals surface area contributed by atoms with E-state index in [9.17, 15) is 0 Å². The first-order valence-corrected chi connectivity index (χ1v) is 7.50. The fourth-order valence-corrected chi connectivity index (χ4v) is 3.09. The van der Waals surface area contributed by atoms with Gasteiger partial charge >= 0.3 is 0 Å². The second-order valence-corrected chi connectivity index (χ2v) is 5.61. The van der Waals surface area contributed by atoms with Gasteiger partial charge in [0.05, 0.1) is 5.52 Å². The lowest BCUT2D eigenvalue weighted by atomic mass is 9.89. The van der Waals surface area contributed by atoms with Crippen molar-refractivity contribution in [1.82, 2.24) is 9.97 Å². The van der Waals surface area contributed by atoms with E-state index in [1.54, 1.807) is 0 Å². The molecule has 1 aliphatic heterocycles. The Morgan fingerprint density at radius 1 is 1.35 bits per heavy atom. The molecule has 106 valence electrons. The van der Waals surface area contributed by atoms with Gasteiger partial charge in [0, 0.05) is 30.7 Å². The van der Waals surface area contributed by atoms with Crippen LogP contribution in [0.5, 0.6) is 0 Å². The third-order valence-electron chi connectivity index (χ3n) is 4.41. The zero-order chi connectivity index (χ0) is 13.9. The molecule has 1 fully saturated rings. The maximum atomic E-state index is 5.96. The van der Waals surface area contributed by atoms with Crippen molar-refractivity contribution < 1.29 is 0 Å². The summed E-state index contributed by atoms with van der Waals surface area (Å²) in [5.41, 5.74) is 6.97. The predicted molar refractivity (Wildman–Crippen MR) is 82.7 cm³/mol. The number of hydrogen-bond acceptors (Lipinski definition) is 4. The van der Waals surface area contributed by atoms with E-state index >= 15 is 0 Å². The van der Waals surface area contributed by atoms with Crippen LogP contribution in [0.4, 0.5) is 5.95 Å². The normalized spacial score (nSPS) is 23.2. The number of aromatic nitrogens is 2. The fourth-order valence-electron chi connectivity index (χ4n) is 3.09. The summed E-state index contributed by atoms with van der Waals surface area (Å²) in [7, 11) is 0. The smallest absolute Gasteiger partial charge is 0.226 e. The Kier molecular flexibility index (Phi) is 3.83. The summed E-state index contributed by atoms with van der Waals surface area (Å²) in [4.78, 5) is 11.5. The van der Waals surface area contributed by atoms with Crippen LogP contribution in [0.15, 0.2) is 30.5 Å². The van der Waals surface area contributed by atoms with Gasteiger partial charge in [-0.2, -0.15) is 0 Å². The molecule has 2 aromatic rings. The summed E-state index contributed by atoms with van der Waals surface area (Å²) in [5.74, 6) is 1.62. The largest absolute Gasteiger partial charge is 0.337 e. The minimum atomic E-state index is 0.370. The van der Waals surface area contributed by atoms with Crippen LogP contribution in [-0.2, 0) is 0 Å². The van der Waals surface area contributed by atoms with E-state index in [2.05, 4.69) is 16.8 Å². The van der Waals surface area contributed by atoms with Gasteiger partial charge in [-0.05, 0) is 24.8 Å². The van der Waals surface area contributed by atoms with E-state index < -0.39 is 0 Å². The summed E-state index contributed by atoms with van der Waals surface area (Å²) in [6.07, 6.45) is 5.52. The van der Waals surface area contributed by atoms with Crippen LogP contribution in [0.3, 0.4) is 0 Å². The van der Waals surface area contributed by atoms with Crippen LogP contribution in [-0.4, -0.2) is 29.1 Å². The van der Waals surface area contributed by atoms with Crippen molar-refractivity contribution in [1.29, 1.82) is 0 Å². The molecule has 0 spiro atoms. The second-order valence-electron chi connectivity index (χ2n) is 5.61. The highest BCUT2D eigenvalue weighted by Crippen LogP contribution is 2.28. The van der Waals surface area contributed by atoms with Crippen LogP contribution in [0.1, 0.15) is 26.2 Å². The molecule has 1 aliphatic rings. The molecule has 0 radical (unpaired) electrons. The average molecular weight is 270 g/mol. The first kappa shape index (κ1) is 13.3. The van der Waals surface area contributed by atoms with Crippen molar-refractivity contribution in [3.63, 3.8) is 0 Å². The molecule has 4 heteroatoms. The lowest BCUT2D eigenvalue weighted by Gasteiger charge is -2.38. The van der Waals surface area contributed by atoms with Crippen molar-refractivity contribution in [3.8, 4) is 0 Å². The third kappa shape index (κ3) is 2.48. The van der Waals surface area contributed by atoms with Crippen LogP contribution < -0.4 is 10.6 Å². The van der Waals surface area contributed by atoms with Gasteiger partial charge in [-0.3, -0.25) is 0 Å². The number of para-hydroxylation sites is 1. The van der Waals surface area contributed by atoms with Crippen molar-refractivity contribution in [3.05, 3.63) is 30.5 Å². The lowest BCUT2D eigenvalue weighted by molar-refractivity contribution is 0.333. The van der Waals surface area contributed by atoms with Gasteiger partial charge in [0.1, 0.15) is 0 Å². The summed E-state index contributed by atoms with van der Waals surface area (Å²) in [6.45, 7) is 3.95. The summed E-state index contributed by atoms with van der Waals surface area (Å²) >= 11 is 0. The predicted octanol–water partition coefficient (Wildman–Crippen LogP) is 2.58. The molecule has 0 amide bonds. The second kappa shape index (κ2) is 5.75. The van der Waals surface area contributed by atoms with Gasteiger partial charge in [-0.15, -0.1) is 0 Å². The monoisotopic (exact) mass is 270 g/mol. The Labute approximate surface area is 120 Å². The Morgan fingerprint density at radius 3 is 3.00 bits per heavy atom. The van der Waals surface area contributed by atoms with Gasteiger partial charge in [-0.25, -0.2) is 9.97 Å². The molecule has 1 aromatic carbocycles. The number of benzene rings is 1. The van der Waals surface area contributed by atoms with E-state index in [-0.39, 0.29) is 0 Å². The standard InChI is InChI=1S/C16H22N4/c1-2-12-7-8-20(14(9-12)10-17)16-18-11-13-5-3-4-6-15(13)19-16/h3-6,11-12,14H,2,7-10,17H2,1H3. The molecule has 2 heterocycles.